The molecule has 0 aromatic carbocycles. The number of rotatable bonds is 6. The van der Waals surface area contributed by atoms with Crippen molar-refractivity contribution in [2.75, 3.05) is 7.05 Å². The van der Waals surface area contributed by atoms with E-state index in [0.717, 1.165) is 12.2 Å². The van der Waals surface area contributed by atoms with Gasteiger partial charge in [0.15, 0.2) is 5.69 Å². The van der Waals surface area contributed by atoms with E-state index in [9.17, 15) is 9.59 Å². The number of hydrogen-bond donors (Lipinski definition) is 1. The Labute approximate surface area is 121 Å². The Hall–Kier alpha value is -2.64. The van der Waals surface area contributed by atoms with Gasteiger partial charge in [0.25, 0.3) is 0 Å². The van der Waals surface area contributed by atoms with Crippen molar-refractivity contribution < 1.29 is 14.7 Å². The van der Waals surface area contributed by atoms with Crippen LogP contribution in [-0.4, -0.2) is 48.5 Å². The number of aryl methyl sites for hydroxylation is 1. The van der Waals surface area contributed by atoms with Crippen LogP contribution in [0, 0.1) is 0 Å². The number of carboxylic acid groups (broad SMARTS) is 1. The maximum Gasteiger partial charge on any atom is 0.356 e. The molecule has 0 bridgehead atoms. The number of amides is 1. The van der Waals surface area contributed by atoms with Crippen LogP contribution in [0.3, 0.4) is 0 Å². The molecule has 0 spiro atoms. The summed E-state index contributed by atoms with van der Waals surface area (Å²) in [5.74, 6) is -1.26. The molecule has 0 radical (unpaired) electrons. The minimum absolute atomic E-state index is 0.00401. The fraction of sp³-hybridized carbons (Fsp3) is 0.385. The van der Waals surface area contributed by atoms with Crippen molar-refractivity contribution >= 4 is 11.9 Å². The van der Waals surface area contributed by atoms with Gasteiger partial charge in [0.05, 0.1) is 12.2 Å². The van der Waals surface area contributed by atoms with E-state index >= 15 is 0 Å². The molecular weight excluding hydrogens is 274 g/mol. The van der Waals surface area contributed by atoms with E-state index in [2.05, 4.69) is 10.2 Å². The summed E-state index contributed by atoms with van der Waals surface area (Å²) in [5.41, 5.74) is 0.870. The van der Waals surface area contributed by atoms with E-state index in [0.29, 0.717) is 6.54 Å². The fourth-order valence-corrected chi connectivity index (χ4v) is 1.93. The number of carbonyl (C=O) groups is 2. The fourth-order valence-electron chi connectivity index (χ4n) is 1.93. The lowest BCUT2D eigenvalue weighted by Crippen LogP contribution is -2.30. The number of carbonyl (C=O) groups excluding carboxylic acids is 1. The Morgan fingerprint density at radius 1 is 1.38 bits per heavy atom. The highest BCUT2D eigenvalue weighted by Gasteiger charge is 2.14. The standard InChI is InChI=1S/C13H17N5O3/c1-3-18-10(4-6-14-18)8-16(2)12(19)9-17-7-5-11(15-17)13(20)21/h4-7H,3,8-9H2,1-2H3,(H,20,21). The van der Waals surface area contributed by atoms with Crippen molar-refractivity contribution in [1.29, 1.82) is 0 Å². The summed E-state index contributed by atoms with van der Waals surface area (Å²) in [6, 6.07) is 3.23. The van der Waals surface area contributed by atoms with Crippen molar-refractivity contribution in [3.63, 3.8) is 0 Å². The second-order valence-corrected chi connectivity index (χ2v) is 4.59. The van der Waals surface area contributed by atoms with E-state index in [1.807, 2.05) is 17.7 Å². The average Bonchev–Trinajstić information content (AvgIpc) is 3.07. The lowest BCUT2D eigenvalue weighted by Gasteiger charge is -2.17. The molecule has 0 aliphatic carbocycles. The molecule has 21 heavy (non-hydrogen) atoms. The minimum Gasteiger partial charge on any atom is -0.476 e. The highest BCUT2D eigenvalue weighted by molar-refractivity contribution is 5.85. The van der Waals surface area contributed by atoms with Gasteiger partial charge in [-0.15, -0.1) is 0 Å². The smallest absolute Gasteiger partial charge is 0.356 e. The van der Waals surface area contributed by atoms with Crippen LogP contribution in [0.15, 0.2) is 24.5 Å². The molecule has 8 nitrogen and oxygen atoms in total. The van der Waals surface area contributed by atoms with Crippen LogP contribution in [0.2, 0.25) is 0 Å². The van der Waals surface area contributed by atoms with E-state index in [4.69, 9.17) is 5.11 Å². The summed E-state index contributed by atoms with van der Waals surface area (Å²) in [5, 5.41) is 16.8. The van der Waals surface area contributed by atoms with Crippen LogP contribution in [0.5, 0.6) is 0 Å². The average molecular weight is 291 g/mol. The first-order chi connectivity index (χ1) is 10.0. The van der Waals surface area contributed by atoms with Crippen molar-refractivity contribution in [2.24, 2.45) is 0 Å². The van der Waals surface area contributed by atoms with Crippen molar-refractivity contribution in [3.05, 3.63) is 35.9 Å². The first kappa shape index (κ1) is 14.8. The van der Waals surface area contributed by atoms with E-state index in [-0.39, 0.29) is 18.1 Å². The molecule has 0 atom stereocenters. The Morgan fingerprint density at radius 3 is 2.76 bits per heavy atom. The molecule has 0 unspecified atom stereocenters. The summed E-state index contributed by atoms with van der Waals surface area (Å²) >= 11 is 0. The van der Waals surface area contributed by atoms with Crippen molar-refractivity contribution in [2.45, 2.75) is 26.6 Å². The largest absolute Gasteiger partial charge is 0.476 e. The second-order valence-electron chi connectivity index (χ2n) is 4.59. The topological polar surface area (TPSA) is 93.2 Å². The number of carboxylic acids is 1. The SMILES string of the molecule is CCn1nccc1CN(C)C(=O)Cn1ccc(C(=O)O)n1. The van der Waals surface area contributed by atoms with Gasteiger partial charge in [-0.25, -0.2) is 4.79 Å². The number of hydrogen-bond acceptors (Lipinski definition) is 4. The molecule has 0 saturated heterocycles. The van der Waals surface area contributed by atoms with E-state index in [1.54, 1.807) is 18.1 Å². The quantitative estimate of drug-likeness (QED) is 0.834. The van der Waals surface area contributed by atoms with Gasteiger partial charge >= 0.3 is 5.97 Å². The van der Waals surface area contributed by atoms with E-state index in [1.165, 1.54) is 16.9 Å². The van der Waals surface area contributed by atoms with Gasteiger partial charge in [0.2, 0.25) is 5.91 Å². The van der Waals surface area contributed by atoms with Gasteiger partial charge in [-0.2, -0.15) is 10.2 Å². The Morgan fingerprint density at radius 2 is 2.14 bits per heavy atom. The van der Waals surface area contributed by atoms with Crippen molar-refractivity contribution in [1.82, 2.24) is 24.5 Å². The van der Waals surface area contributed by atoms with Gasteiger partial charge in [0, 0.05) is 26.0 Å². The summed E-state index contributed by atoms with van der Waals surface area (Å²) in [6.07, 6.45) is 3.18. The highest BCUT2D eigenvalue weighted by Crippen LogP contribution is 2.04. The summed E-state index contributed by atoms with van der Waals surface area (Å²) in [6.45, 7) is 3.17. The molecule has 1 N–H and O–H groups in total. The van der Waals surface area contributed by atoms with Crippen LogP contribution in [0.1, 0.15) is 23.1 Å². The number of aromatic nitrogens is 4. The lowest BCUT2D eigenvalue weighted by molar-refractivity contribution is -0.131. The molecular formula is C13H17N5O3. The second kappa shape index (κ2) is 6.21. The summed E-state index contributed by atoms with van der Waals surface area (Å²) < 4.78 is 3.14. The molecule has 0 saturated carbocycles. The molecule has 0 aliphatic rings. The molecule has 112 valence electrons. The van der Waals surface area contributed by atoms with Crippen molar-refractivity contribution in [3.8, 4) is 0 Å². The van der Waals surface area contributed by atoms with Gasteiger partial charge in [-0.1, -0.05) is 0 Å². The molecule has 2 aromatic heterocycles. The number of likely N-dealkylation sites (N-methyl/N-ethyl adjacent to an activating group) is 1. The zero-order valence-electron chi connectivity index (χ0n) is 11.9. The van der Waals surface area contributed by atoms with Crippen LogP contribution in [0.4, 0.5) is 0 Å². The normalized spacial score (nSPS) is 10.6. The van der Waals surface area contributed by atoms with Crippen LogP contribution >= 0.6 is 0 Å². The molecule has 0 fully saturated rings. The zero-order valence-corrected chi connectivity index (χ0v) is 11.9. The third-order valence-corrected chi connectivity index (χ3v) is 3.09. The number of nitrogens with zero attached hydrogens (tertiary/aromatic N) is 5. The molecule has 2 heterocycles. The summed E-state index contributed by atoms with van der Waals surface area (Å²) in [7, 11) is 1.69. The maximum atomic E-state index is 12.1. The predicted molar refractivity (Wildman–Crippen MR) is 73.6 cm³/mol. The first-order valence-electron chi connectivity index (χ1n) is 6.52. The van der Waals surface area contributed by atoms with Gasteiger partial charge in [-0.3, -0.25) is 14.2 Å². The zero-order chi connectivity index (χ0) is 15.4. The van der Waals surface area contributed by atoms with Gasteiger partial charge in [0.1, 0.15) is 6.54 Å². The number of aromatic carboxylic acids is 1. The summed E-state index contributed by atoms with van der Waals surface area (Å²) in [4.78, 5) is 24.4. The van der Waals surface area contributed by atoms with Gasteiger partial charge in [-0.05, 0) is 19.1 Å². The Balaban J connectivity index is 1.97. The third-order valence-electron chi connectivity index (χ3n) is 3.09. The molecule has 2 rings (SSSR count). The van der Waals surface area contributed by atoms with Crippen LogP contribution < -0.4 is 0 Å². The monoisotopic (exact) mass is 291 g/mol. The Bertz CT molecular complexity index is 646. The maximum absolute atomic E-state index is 12.1. The molecule has 8 heteroatoms. The Kier molecular flexibility index (Phi) is 4.36. The lowest BCUT2D eigenvalue weighted by atomic mass is 10.3. The van der Waals surface area contributed by atoms with Gasteiger partial charge < -0.3 is 10.0 Å². The first-order valence-corrected chi connectivity index (χ1v) is 6.52. The molecule has 0 aliphatic heterocycles. The van der Waals surface area contributed by atoms with Crippen LogP contribution in [-0.2, 0) is 24.4 Å². The van der Waals surface area contributed by atoms with E-state index < -0.39 is 5.97 Å². The predicted octanol–water partition coefficient (Wildman–Crippen LogP) is 0.456. The third kappa shape index (κ3) is 3.47. The van der Waals surface area contributed by atoms with Crippen LogP contribution in [0.25, 0.3) is 0 Å². The highest BCUT2D eigenvalue weighted by atomic mass is 16.4. The molecule has 1 amide bonds. The minimum atomic E-state index is -1.11. The molecule has 2 aromatic rings.